The molecule has 0 aliphatic carbocycles. The molecule has 0 unspecified atom stereocenters. The third kappa shape index (κ3) is 4.40. The van der Waals surface area contributed by atoms with Crippen LogP contribution in [0, 0.1) is 0 Å². The van der Waals surface area contributed by atoms with Crippen LogP contribution in [0.25, 0.3) is 0 Å². The van der Waals surface area contributed by atoms with Gasteiger partial charge in [-0.15, -0.1) is 5.10 Å². The summed E-state index contributed by atoms with van der Waals surface area (Å²) in [7, 11) is 0. The zero-order valence-corrected chi connectivity index (χ0v) is 14.2. The van der Waals surface area contributed by atoms with Crippen molar-refractivity contribution in [2.24, 2.45) is 0 Å². The van der Waals surface area contributed by atoms with E-state index in [2.05, 4.69) is 36.4 Å². The van der Waals surface area contributed by atoms with Gasteiger partial charge in [0.25, 0.3) is 0 Å². The zero-order valence-electron chi connectivity index (χ0n) is 11.9. The van der Waals surface area contributed by atoms with Crippen LogP contribution in [0.2, 0.25) is 5.02 Å². The summed E-state index contributed by atoms with van der Waals surface area (Å²) in [5.74, 6) is 0.00403. The van der Waals surface area contributed by atoms with Crippen molar-refractivity contribution in [1.82, 2.24) is 24.5 Å². The summed E-state index contributed by atoms with van der Waals surface area (Å²) in [5.41, 5.74) is 1.00. The van der Waals surface area contributed by atoms with E-state index in [0.29, 0.717) is 11.6 Å². The molecule has 0 bridgehead atoms. The van der Waals surface area contributed by atoms with Crippen molar-refractivity contribution in [1.29, 1.82) is 0 Å². The van der Waals surface area contributed by atoms with E-state index >= 15 is 0 Å². The molecule has 0 aliphatic rings. The summed E-state index contributed by atoms with van der Waals surface area (Å²) in [6.45, 7) is 0.615. The van der Waals surface area contributed by atoms with Crippen molar-refractivity contribution >= 4 is 39.4 Å². The van der Waals surface area contributed by atoms with Crippen LogP contribution in [-0.2, 0) is 17.9 Å². The molecule has 0 atom stereocenters. The largest absolute Gasteiger partial charge is 0.292 e. The van der Waals surface area contributed by atoms with E-state index in [-0.39, 0.29) is 18.4 Å². The fourth-order valence-electron chi connectivity index (χ4n) is 1.99. The molecule has 1 aromatic carbocycles. The summed E-state index contributed by atoms with van der Waals surface area (Å²) in [6.07, 6.45) is 4.89. The molecule has 3 aromatic rings. The molecule has 0 saturated heterocycles. The highest BCUT2D eigenvalue weighted by atomic mass is 79.9. The van der Waals surface area contributed by atoms with E-state index in [9.17, 15) is 4.79 Å². The van der Waals surface area contributed by atoms with Gasteiger partial charge in [0, 0.05) is 11.2 Å². The van der Waals surface area contributed by atoms with Gasteiger partial charge in [-0.1, -0.05) is 23.7 Å². The van der Waals surface area contributed by atoms with Gasteiger partial charge in [-0.2, -0.15) is 5.10 Å². The number of nitrogens with zero attached hydrogens (tertiary/aromatic N) is 5. The van der Waals surface area contributed by atoms with E-state index in [1.807, 2.05) is 24.3 Å². The molecule has 3 rings (SSSR count). The first-order chi connectivity index (χ1) is 11.1. The Hall–Kier alpha value is -2.19. The number of carbonyl (C=O) groups excluding carboxylic acids is 1. The molecule has 0 fully saturated rings. The Morgan fingerprint density at radius 1 is 1.35 bits per heavy atom. The Labute approximate surface area is 145 Å². The van der Waals surface area contributed by atoms with Gasteiger partial charge in [0.1, 0.15) is 12.9 Å². The van der Waals surface area contributed by atoms with Gasteiger partial charge in [0.2, 0.25) is 11.9 Å². The summed E-state index contributed by atoms with van der Waals surface area (Å²) in [4.78, 5) is 16.0. The van der Waals surface area contributed by atoms with Crippen LogP contribution < -0.4 is 5.32 Å². The molecule has 23 heavy (non-hydrogen) atoms. The van der Waals surface area contributed by atoms with Gasteiger partial charge in [0.15, 0.2) is 0 Å². The van der Waals surface area contributed by atoms with Crippen molar-refractivity contribution < 1.29 is 4.79 Å². The molecule has 118 valence electrons. The topological polar surface area (TPSA) is 77.6 Å². The monoisotopic (exact) mass is 394 g/mol. The molecular formula is C14H12BrClN6O. The highest BCUT2D eigenvalue weighted by molar-refractivity contribution is 9.10. The standard InChI is InChI=1S/C14H12BrClN6O/c15-11-5-18-21(7-11)8-13(23)19-14-17-9-22(20-14)6-10-2-1-3-12(16)4-10/h1-5,7,9H,6,8H2,(H,19,20,23). The fourth-order valence-corrected chi connectivity index (χ4v) is 2.53. The Balaban J connectivity index is 1.59. The number of anilines is 1. The Morgan fingerprint density at radius 2 is 2.22 bits per heavy atom. The summed E-state index contributed by atoms with van der Waals surface area (Å²) in [5, 5.41) is 11.5. The molecule has 0 saturated carbocycles. The highest BCUT2D eigenvalue weighted by Gasteiger charge is 2.08. The number of halogens is 2. The van der Waals surface area contributed by atoms with E-state index in [1.165, 1.54) is 4.68 Å². The van der Waals surface area contributed by atoms with E-state index in [0.717, 1.165) is 10.0 Å². The number of carbonyl (C=O) groups is 1. The number of rotatable bonds is 5. The van der Waals surface area contributed by atoms with Gasteiger partial charge >= 0.3 is 0 Å². The van der Waals surface area contributed by atoms with Gasteiger partial charge < -0.3 is 0 Å². The van der Waals surface area contributed by atoms with Crippen LogP contribution in [0.15, 0.2) is 47.5 Å². The molecule has 7 nitrogen and oxygen atoms in total. The lowest BCUT2D eigenvalue weighted by Crippen LogP contribution is -2.19. The second-order valence-corrected chi connectivity index (χ2v) is 6.15. The SMILES string of the molecule is O=C(Cn1cc(Br)cn1)Nc1ncn(Cc2cccc(Cl)c2)n1. The zero-order chi connectivity index (χ0) is 16.2. The molecule has 2 aromatic heterocycles. The van der Waals surface area contributed by atoms with Crippen molar-refractivity contribution in [2.75, 3.05) is 5.32 Å². The number of benzene rings is 1. The minimum Gasteiger partial charge on any atom is -0.292 e. The minimum atomic E-state index is -0.249. The van der Waals surface area contributed by atoms with Crippen LogP contribution in [0.5, 0.6) is 0 Å². The molecule has 0 radical (unpaired) electrons. The van der Waals surface area contributed by atoms with Gasteiger partial charge in [0.05, 0.1) is 17.2 Å². The van der Waals surface area contributed by atoms with Gasteiger partial charge in [-0.05, 0) is 33.6 Å². The molecule has 0 spiro atoms. The van der Waals surface area contributed by atoms with Crippen LogP contribution in [0.1, 0.15) is 5.56 Å². The first kappa shape index (κ1) is 15.7. The second kappa shape index (κ2) is 6.93. The van der Waals surface area contributed by atoms with Crippen molar-refractivity contribution in [3.05, 3.63) is 58.0 Å². The average molecular weight is 396 g/mol. The lowest BCUT2D eigenvalue weighted by Gasteiger charge is -2.02. The Kier molecular flexibility index (Phi) is 4.73. The van der Waals surface area contributed by atoms with Crippen molar-refractivity contribution in [3.8, 4) is 0 Å². The maximum atomic E-state index is 11.9. The van der Waals surface area contributed by atoms with Crippen molar-refractivity contribution in [3.63, 3.8) is 0 Å². The molecule has 2 heterocycles. The Bertz CT molecular complexity index is 830. The third-order valence-corrected chi connectivity index (χ3v) is 3.57. The smallest absolute Gasteiger partial charge is 0.248 e. The fraction of sp³-hybridized carbons (Fsp3) is 0.143. The molecule has 1 N–H and O–H groups in total. The maximum Gasteiger partial charge on any atom is 0.248 e. The predicted molar refractivity (Wildman–Crippen MR) is 89.1 cm³/mol. The molecule has 0 aliphatic heterocycles. The lowest BCUT2D eigenvalue weighted by atomic mass is 10.2. The number of hydrogen-bond donors (Lipinski definition) is 1. The first-order valence-corrected chi connectivity index (χ1v) is 7.87. The molecule has 1 amide bonds. The highest BCUT2D eigenvalue weighted by Crippen LogP contribution is 2.12. The molecular weight excluding hydrogens is 384 g/mol. The predicted octanol–water partition coefficient (Wildman–Crippen LogP) is 2.58. The Morgan fingerprint density at radius 3 is 2.96 bits per heavy atom. The number of aromatic nitrogens is 5. The van der Waals surface area contributed by atoms with Crippen LogP contribution >= 0.6 is 27.5 Å². The normalized spacial score (nSPS) is 10.7. The van der Waals surface area contributed by atoms with Crippen LogP contribution in [0.4, 0.5) is 5.95 Å². The van der Waals surface area contributed by atoms with Crippen LogP contribution in [0.3, 0.4) is 0 Å². The number of nitrogens with one attached hydrogen (secondary N) is 1. The van der Waals surface area contributed by atoms with Crippen LogP contribution in [-0.4, -0.2) is 30.5 Å². The van der Waals surface area contributed by atoms with E-state index in [4.69, 9.17) is 11.6 Å². The number of hydrogen-bond acceptors (Lipinski definition) is 4. The van der Waals surface area contributed by atoms with Crippen molar-refractivity contribution in [2.45, 2.75) is 13.1 Å². The first-order valence-electron chi connectivity index (χ1n) is 6.70. The summed E-state index contributed by atoms with van der Waals surface area (Å²) < 4.78 is 3.96. The average Bonchev–Trinajstić information content (AvgIpc) is 3.08. The third-order valence-electron chi connectivity index (χ3n) is 2.93. The van der Waals surface area contributed by atoms with E-state index < -0.39 is 0 Å². The quantitative estimate of drug-likeness (QED) is 0.720. The minimum absolute atomic E-state index is 0.0917. The molecule has 9 heteroatoms. The summed E-state index contributed by atoms with van der Waals surface area (Å²) in [6, 6.07) is 7.49. The second-order valence-electron chi connectivity index (χ2n) is 4.80. The maximum absolute atomic E-state index is 11.9. The lowest BCUT2D eigenvalue weighted by molar-refractivity contribution is -0.116. The number of amides is 1. The summed E-state index contributed by atoms with van der Waals surface area (Å²) >= 11 is 9.23. The van der Waals surface area contributed by atoms with Gasteiger partial charge in [-0.25, -0.2) is 9.67 Å². The van der Waals surface area contributed by atoms with Gasteiger partial charge in [-0.3, -0.25) is 14.8 Å². The van der Waals surface area contributed by atoms with E-state index in [1.54, 1.807) is 23.4 Å².